The predicted molar refractivity (Wildman–Crippen MR) is 99.0 cm³/mol. The number of hydrogen-bond donors (Lipinski definition) is 2. The summed E-state index contributed by atoms with van der Waals surface area (Å²) in [7, 11) is 0. The van der Waals surface area contributed by atoms with Crippen molar-refractivity contribution in [1.29, 1.82) is 0 Å². The molecule has 4 fully saturated rings. The third-order valence-corrected chi connectivity index (χ3v) is 7.19. The Morgan fingerprint density at radius 2 is 1.71 bits per heavy atom. The molecule has 0 heterocycles. The minimum atomic E-state index is -0.347. The number of nitrogens with one attached hydrogen (secondary N) is 1. The van der Waals surface area contributed by atoms with Crippen molar-refractivity contribution in [2.24, 2.45) is 17.3 Å². The average Bonchev–Trinajstić information content (AvgIpc) is 2.47. The first-order chi connectivity index (χ1) is 11.4. The molecule has 2 unspecified atom stereocenters. The van der Waals surface area contributed by atoms with Crippen LogP contribution in [0, 0.1) is 24.2 Å². The Morgan fingerprint density at radius 1 is 1.08 bits per heavy atom. The van der Waals surface area contributed by atoms with Gasteiger partial charge in [-0.15, -0.1) is 0 Å². The third-order valence-electron chi connectivity index (χ3n) is 7.19. The molecule has 6 atom stereocenters. The molecule has 4 aliphatic rings. The Labute approximate surface area is 147 Å². The van der Waals surface area contributed by atoms with E-state index >= 15 is 0 Å². The summed E-state index contributed by atoms with van der Waals surface area (Å²) in [5.41, 5.74) is 2.73. The van der Waals surface area contributed by atoms with Crippen LogP contribution in [0.25, 0.3) is 0 Å². The maximum absolute atomic E-state index is 11.0. The Kier molecular flexibility index (Phi) is 4.04. The van der Waals surface area contributed by atoms with Crippen LogP contribution in [-0.4, -0.2) is 22.8 Å². The van der Waals surface area contributed by atoms with E-state index < -0.39 is 0 Å². The van der Waals surface area contributed by atoms with Crippen molar-refractivity contribution in [3.8, 4) is 0 Å². The van der Waals surface area contributed by atoms with E-state index in [1.807, 2.05) is 0 Å². The first kappa shape index (κ1) is 16.6. The van der Waals surface area contributed by atoms with Crippen LogP contribution in [0.15, 0.2) is 24.3 Å². The monoisotopic (exact) mass is 327 g/mol. The quantitative estimate of drug-likeness (QED) is 0.848. The van der Waals surface area contributed by atoms with E-state index in [-0.39, 0.29) is 5.60 Å². The molecule has 24 heavy (non-hydrogen) atoms. The minimum absolute atomic E-state index is 0.334. The SMILES string of the molecule is Cc1ccc(C[C@@H](C)N[C@H](C)C23C[C@@H]4C[C@@H](CC(O)(C4)C2)C3)cc1. The minimum Gasteiger partial charge on any atom is -0.390 e. The van der Waals surface area contributed by atoms with Crippen LogP contribution in [0.5, 0.6) is 0 Å². The van der Waals surface area contributed by atoms with E-state index in [9.17, 15) is 5.11 Å². The molecule has 0 amide bonds. The van der Waals surface area contributed by atoms with Crippen LogP contribution >= 0.6 is 0 Å². The first-order valence-electron chi connectivity index (χ1n) is 9.90. The summed E-state index contributed by atoms with van der Waals surface area (Å²) in [4.78, 5) is 0. The maximum atomic E-state index is 11.0. The van der Waals surface area contributed by atoms with Gasteiger partial charge in [0.15, 0.2) is 0 Å². The molecule has 0 aromatic heterocycles. The fourth-order valence-corrected chi connectivity index (χ4v) is 6.53. The van der Waals surface area contributed by atoms with E-state index in [1.165, 1.54) is 30.4 Å². The summed E-state index contributed by atoms with van der Waals surface area (Å²) in [6.07, 6.45) is 8.27. The summed E-state index contributed by atoms with van der Waals surface area (Å²) in [5.74, 6) is 1.54. The zero-order valence-electron chi connectivity index (χ0n) is 15.5. The smallest absolute Gasteiger partial charge is 0.0659 e. The van der Waals surface area contributed by atoms with E-state index in [4.69, 9.17) is 0 Å². The maximum Gasteiger partial charge on any atom is 0.0659 e. The van der Waals surface area contributed by atoms with E-state index in [0.29, 0.717) is 17.5 Å². The van der Waals surface area contributed by atoms with E-state index in [0.717, 1.165) is 37.5 Å². The highest BCUT2D eigenvalue weighted by atomic mass is 16.3. The topological polar surface area (TPSA) is 32.3 Å². The zero-order chi connectivity index (χ0) is 16.9. The Balaban J connectivity index is 1.42. The Bertz CT molecular complexity index is 578. The molecule has 0 aliphatic heterocycles. The fraction of sp³-hybridized carbons (Fsp3) is 0.727. The average molecular weight is 328 g/mol. The van der Waals surface area contributed by atoms with Gasteiger partial charge in [0.05, 0.1) is 5.60 Å². The summed E-state index contributed by atoms with van der Waals surface area (Å²) in [5, 5.41) is 14.9. The number of hydrogen-bond acceptors (Lipinski definition) is 2. The number of rotatable bonds is 5. The zero-order valence-corrected chi connectivity index (χ0v) is 15.5. The first-order valence-corrected chi connectivity index (χ1v) is 9.90. The highest BCUT2D eigenvalue weighted by Crippen LogP contribution is 2.62. The molecule has 0 spiro atoms. The second kappa shape index (κ2) is 5.85. The number of aliphatic hydroxyl groups is 1. The molecule has 5 rings (SSSR count). The second-order valence-electron chi connectivity index (χ2n) is 9.53. The van der Waals surface area contributed by atoms with Crippen LogP contribution in [0.4, 0.5) is 0 Å². The highest BCUT2D eigenvalue weighted by Gasteiger charge is 2.58. The molecular weight excluding hydrogens is 294 g/mol. The van der Waals surface area contributed by atoms with Gasteiger partial charge in [0.2, 0.25) is 0 Å². The van der Waals surface area contributed by atoms with Crippen molar-refractivity contribution in [2.45, 2.75) is 83.4 Å². The molecule has 0 saturated heterocycles. The normalized spacial score (nSPS) is 39.8. The summed E-state index contributed by atoms with van der Waals surface area (Å²) in [6.45, 7) is 6.83. The van der Waals surface area contributed by atoms with Gasteiger partial charge in [-0.3, -0.25) is 0 Å². The summed E-state index contributed by atoms with van der Waals surface area (Å²) in [6, 6.07) is 9.90. The lowest BCUT2D eigenvalue weighted by atomic mass is 9.46. The molecular formula is C22H33NO. The van der Waals surface area contributed by atoms with Crippen LogP contribution < -0.4 is 5.32 Å². The van der Waals surface area contributed by atoms with E-state index in [2.05, 4.69) is 50.4 Å². The molecule has 2 heteroatoms. The van der Waals surface area contributed by atoms with Crippen molar-refractivity contribution < 1.29 is 5.11 Å². The van der Waals surface area contributed by atoms with Gasteiger partial charge in [-0.2, -0.15) is 0 Å². The lowest BCUT2D eigenvalue weighted by Gasteiger charge is -2.62. The summed E-state index contributed by atoms with van der Waals surface area (Å²) >= 11 is 0. The molecule has 2 nitrogen and oxygen atoms in total. The number of aryl methyl sites for hydroxylation is 1. The van der Waals surface area contributed by atoms with Gasteiger partial charge in [0, 0.05) is 12.1 Å². The second-order valence-corrected chi connectivity index (χ2v) is 9.53. The van der Waals surface area contributed by atoms with E-state index in [1.54, 1.807) is 0 Å². The highest BCUT2D eigenvalue weighted by molar-refractivity contribution is 5.22. The van der Waals surface area contributed by atoms with Crippen LogP contribution in [0.2, 0.25) is 0 Å². The van der Waals surface area contributed by atoms with Crippen molar-refractivity contribution in [2.75, 3.05) is 0 Å². The largest absolute Gasteiger partial charge is 0.390 e. The van der Waals surface area contributed by atoms with Crippen LogP contribution in [-0.2, 0) is 6.42 Å². The summed E-state index contributed by atoms with van der Waals surface area (Å²) < 4.78 is 0. The standard InChI is InChI=1S/C22H33NO/c1-15-4-6-18(7-5-15)8-16(2)23-17(3)21-10-19-9-20(11-21)13-22(24,12-19)14-21/h4-7,16-17,19-20,23-24H,8-14H2,1-3H3/t16-,17-,19-,20+,21?,22?/m1/s1. The van der Waals surface area contributed by atoms with Crippen LogP contribution in [0.3, 0.4) is 0 Å². The molecule has 4 saturated carbocycles. The Morgan fingerprint density at radius 3 is 2.29 bits per heavy atom. The van der Waals surface area contributed by atoms with Crippen molar-refractivity contribution >= 4 is 0 Å². The number of benzene rings is 1. The lowest BCUT2D eigenvalue weighted by molar-refractivity contribution is -0.172. The third kappa shape index (κ3) is 3.04. The molecule has 4 aliphatic carbocycles. The molecule has 1 aromatic carbocycles. The van der Waals surface area contributed by atoms with Crippen LogP contribution in [0.1, 0.15) is 63.5 Å². The molecule has 4 bridgehead atoms. The van der Waals surface area contributed by atoms with Crippen molar-refractivity contribution in [1.82, 2.24) is 5.32 Å². The van der Waals surface area contributed by atoms with Gasteiger partial charge in [-0.25, -0.2) is 0 Å². The predicted octanol–water partition coefficient (Wildman–Crippen LogP) is 4.24. The fourth-order valence-electron chi connectivity index (χ4n) is 6.53. The molecule has 1 aromatic rings. The molecule has 132 valence electrons. The van der Waals surface area contributed by atoms with Gasteiger partial charge in [-0.05, 0) is 88.5 Å². The Hall–Kier alpha value is -0.860. The van der Waals surface area contributed by atoms with Gasteiger partial charge in [0.1, 0.15) is 0 Å². The molecule has 2 N–H and O–H groups in total. The van der Waals surface area contributed by atoms with Gasteiger partial charge >= 0.3 is 0 Å². The van der Waals surface area contributed by atoms with Gasteiger partial charge < -0.3 is 10.4 Å². The van der Waals surface area contributed by atoms with Gasteiger partial charge in [0.25, 0.3) is 0 Å². The van der Waals surface area contributed by atoms with Gasteiger partial charge in [-0.1, -0.05) is 29.8 Å². The van der Waals surface area contributed by atoms with Crippen molar-refractivity contribution in [3.05, 3.63) is 35.4 Å². The molecule has 0 radical (unpaired) electrons. The lowest BCUT2D eigenvalue weighted by Crippen LogP contribution is -2.62. The van der Waals surface area contributed by atoms with Crippen molar-refractivity contribution in [3.63, 3.8) is 0 Å².